The second kappa shape index (κ2) is 14.7. The van der Waals surface area contributed by atoms with Crippen LogP contribution in [-0.4, -0.2) is 22.1 Å². The van der Waals surface area contributed by atoms with Crippen LogP contribution in [0.3, 0.4) is 0 Å². The van der Waals surface area contributed by atoms with Crippen molar-refractivity contribution in [3.05, 3.63) is 36.1 Å². The number of unbranched alkanes of at least 4 members (excludes halogenated alkanes) is 5. The number of allylic oxidation sites excluding steroid dienone is 6. The highest BCUT2D eigenvalue weighted by molar-refractivity contribution is 5.75. The number of aliphatic hydroxyl groups excluding tert-OH is 1. The Kier molecular flexibility index (Phi) is 13.7. The SMILES string of the molecule is CCCCC/C(O)=C/C/C=C/CCCC/C=C/CCC(F)(F)C(=O)O. The molecule has 0 aliphatic rings. The third-order valence-electron chi connectivity index (χ3n) is 3.79. The molecule has 25 heavy (non-hydrogen) atoms. The maximum absolute atomic E-state index is 12.8. The van der Waals surface area contributed by atoms with Crippen molar-refractivity contribution < 1.29 is 23.8 Å². The molecule has 0 aromatic rings. The standard InChI is InChI=1S/C20H32F2O3/c1-2-3-12-15-18(23)16-13-10-8-6-4-5-7-9-11-14-17-20(21,22)19(24)25/h8-11,16,23H,2-7,12-15,17H2,1H3,(H,24,25)/b10-8+,11-9+,18-16-. The minimum absolute atomic E-state index is 0.0767. The predicted octanol–water partition coefficient (Wildman–Crippen LogP) is 6.57. The topological polar surface area (TPSA) is 57.5 Å². The minimum Gasteiger partial charge on any atom is -0.513 e. The van der Waals surface area contributed by atoms with Crippen LogP contribution in [0, 0.1) is 0 Å². The lowest BCUT2D eigenvalue weighted by Gasteiger charge is -2.08. The van der Waals surface area contributed by atoms with Crippen LogP contribution < -0.4 is 0 Å². The van der Waals surface area contributed by atoms with Gasteiger partial charge >= 0.3 is 11.9 Å². The maximum Gasteiger partial charge on any atom is 0.374 e. The first kappa shape index (κ1) is 23.4. The van der Waals surface area contributed by atoms with E-state index in [9.17, 15) is 18.7 Å². The Labute approximate surface area is 150 Å². The maximum atomic E-state index is 12.8. The molecule has 0 aromatic heterocycles. The lowest BCUT2D eigenvalue weighted by atomic mass is 10.1. The van der Waals surface area contributed by atoms with E-state index in [0.29, 0.717) is 5.76 Å². The molecule has 0 fully saturated rings. The molecule has 0 spiro atoms. The van der Waals surface area contributed by atoms with Gasteiger partial charge in [-0.3, -0.25) is 0 Å². The number of carbonyl (C=O) groups is 1. The van der Waals surface area contributed by atoms with Gasteiger partial charge in [0.15, 0.2) is 0 Å². The monoisotopic (exact) mass is 358 g/mol. The van der Waals surface area contributed by atoms with Crippen LogP contribution in [-0.2, 0) is 4.79 Å². The molecule has 5 heteroatoms. The second-order valence-electron chi connectivity index (χ2n) is 6.16. The van der Waals surface area contributed by atoms with E-state index >= 15 is 0 Å². The van der Waals surface area contributed by atoms with Crippen LogP contribution in [0.5, 0.6) is 0 Å². The summed E-state index contributed by atoms with van der Waals surface area (Å²) in [7, 11) is 0. The number of carboxylic acids is 1. The first-order valence-electron chi connectivity index (χ1n) is 9.19. The molecule has 0 bridgehead atoms. The van der Waals surface area contributed by atoms with E-state index in [1.54, 1.807) is 6.08 Å². The summed E-state index contributed by atoms with van der Waals surface area (Å²) >= 11 is 0. The van der Waals surface area contributed by atoms with Gasteiger partial charge in [0, 0.05) is 12.8 Å². The van der Waals surface area contributed by atoms with E-state index in [0.717, 1.165) is 57.8 Å². The van der Waals surface area contributed by atoms with E-state index in [-0.39, 0.29) is 6.42 Å². The molecule has 0 saturated heterocycles. The lowest BCUT2D eigenvalue weighted by Crippen LogP contribution is -2.27. The molecule has 0 aliphatic carbocycles. The molecule has 0 rings (SSSR count). The van der Waals surface area contributed by atoms with Gasteiger partial charge in [0.25, 0.3) is 0 Å². The number of rotatable bonds is 15. The summed E-state index contributed by atoms with van der Waals surface area (Å²) in [6, 6.07) is 0. The number of hydrogen-bond donors (Lipinski definition) is 2. The van der Waals surface area contributed by atoms with E-state index in [1.807, 2.05) is 18.2 Å². The van der Waals surface area contributed by atoms with E-state index in [1.165, 1.54) is 0 Å². The van der Waals surface area contributed by atoms with Crippen molar-refractivity contribution >= 4 is 5.97 Å². The summed E-state index contributed by atoms with van der Waals surface area (Å²) in [4.78, 5) is 10.2. The molecule has 0 unspecified atom stereocenters. The van der Waals surface area contributed by atoms with Crippen molar-refractivity contribution in [2.24, 2.45) is 0 Å². The molecule has 0 amide bonds. The number of hydrogen-bond acceptors (Lipinski definition) is 2. The third kappa shape index (κ3) is 14.4. The van der Waals surface area contributed by atoms with Crippen molar-refractivity contribution in [3.8, 4) is 0 Å². The fraction of sp³-hybridized carbons (Fsp3) is 0.650. The number of halogens is 2. The van der Waals surface area contributed by atoms with Crippen molar-refractivity contribution in [3.63, 3.8) is 0 Å². The number of carboxylic acid groups (broad SMARTS) is 1. The van der Waals surface area contributed by atoms with E-state index < -0.39 is 18.3 Å². The first-order chi connectivity index (χ1) is 11.9. The predicted molar refractivity (Wildman–Crippen MR) is 98.0 cm³/mol. The largest absolute Gasteiger partial charge is 0.513 e. The lowest BCUT2D eigenvalue weighted by molar-refractivity contribution is -0.165. The number of alkyl halides is 2. The van der Waals surface area contributed by atoms with Gasteiger partial charge in [0.05, 0.1) is 5.76 Å². The molecule has 2 N–H and O–H groups in total. The summed E-state index contributed by atoms with van der Waals surface area (Å²) < 4.78 is 25.6. The molecule has 0 aliphatic heterocycles. The minimum atomic E-state index is -3.63. The average Bonchev–Trinajstić information content (AvgIpc) is 2.55. The molecule has 3 nitrogen and oxygen atoms in total. The second-order valence-corrected chi connectivity index (χ2v) is 6.16. The average molecular weight is 358 g/mol. The molecule has 0 radical (unpaired) electrons. The molecule has 0 saturated carbocycles. The van der Waals surface area contributed by atoms with Gasteiger partial charge in [0.1, 0.15) is 0 Å². The van der Waals surface area contributed by atoms with Crippen molar-refractivity contribution in [1.82, 2.24) is 0 Å². The Morgan fingerprint density at radius 3 is 2.12 bits per heavy atom. The third-order valence-corrected chi connectivity index (χ3v) is 3.79. The normalized spacial score (nSPS) is 13.2. The van der Waals surface area contributed by atoms with Gasteiger partial charge < -0.3 is 10.2 Å². The highest BCUT2D eigenvalue weighted by Gasteiger charge is 2.37. The Bertz CT molecular complexity index is 440. The van der Waals surface area contributed by atoms with Gasteiger partial charge in [0.2, 0.25) is 0 Å². The smallest absolute Gasteiger partial charge is 0.374 e. The van der Waals surface area contributed by atoms with Crippen LogP contribution in [0.25, 0.3) is 0 Å². The quantitative estimate of drug-likeness (QED) is 0.198. The Morgan fingerprint density at radius 2 is 1.52 bits per heavy atom. The fourth-order valence-electron chi connectivity index (χ4n) is 2.21. The highest BCUT2D eigenvalue weighted by atomic mass is 19.3. The van der Waals surface area contributed by atoms with Crippen LogP contribution >= 0.6 is 0 Å². The zero-order chi connectivity index (χ0) is 19.0. The van der Waals surface area contributed by atoms with Gasteiger partial charge in [-0.25, -0.2) is 4.79 Å². The number of aliphatic hydroxyl groups is 1. The molecule has 144 valence electrons. The fourth-order valence-corrected chi connectivity index (χ4v) is 2.21. The van der Waals surface area contributed by atoms with Gasteiger partial charge in [-0.2, -0.15) is 8.78 Å². The molecule has 0 atom stereocenters. The van der Waals surface area contributed by atoms with Gasteiger partial charge in [-0.15, -0.1) is 0 Å². The van der Waals surface area contributed by atoms with Crippen LogP contribution in [0.1, 0.15) is 77.6 Å². The van der Waals surface area contributed by atoms with E-state index in [2.05, 4.69) is 13.0 Å². The van der Waals surface area contributed by atoms with Crippen LogP contribution in [0.15, 0.2) is 36.1 Å². The highest BCUT2D eigenvalue weighted by Crippen LogP contribution is 2.20. The molecular formula is C20H32F2O3. The Morgan fingerprint density at radius 1 is 0.920 bits per heavy atom. The van der Waals surface area contributed by atoms with Crippen LogP contribution in [0.4, 0.5) is 8.78 Å². The Hall–Kier alpha value is -1.65. The summed E-state index contributed by atoms with van der Waals surface area (Å²) in [6.07, 6.45) is 17.4. The van der Waals surface area contributed by atoms with Crippen molar-refractivity contribution in [2.45, 2.75) is 83.5 Å². The van der Waals surface area contributed by atoms with Gasteiger partial charge in [-0.1, -0.05) is 44.1 Å². The summed E-state index contributed by atoms with van der Waals surface area (Å²) in [5.41, 5.74) is 0. The summed E-state index contributed by atoms with van der Waals surface area (Å²) in [5.74, 6) is -5.22. The molecule has 0 aromatic carbocycles. The van der Waals surface area contributed by atoms with Gasteiger partial charge in [-0.05, 0) is 51.0 Å². The Balaban J connectivity index is 3.58. The number of aliphatic carboxylic acids is 1. The van der Waals surface area contributed by atoms with Crippen molar-refractivity contribution in [1.29, 1.82) is 0 Å². The molecular weight excluding hydrogens is 326 g/mol. The summed E-state index contributed by atoms with van der Waals surface area (Å²) in [6.45, 7) is 2.14. The van der Waals surface area contributed by atoms with Crippen LogP contribution in [0.2, 0.25) is 0 Å². The zero-order valence-corrected chi connectivity index (χ0v) is 15.2. The molecule has 0 heterocycles. The first-order valence-corrected chi connectivity index (χ1v) is 9.19. The van der Waals surface area contributed by atoms with Crippen molar-refractivity contribution in [2.75, 3.05) is 0 Å². The summed E-state index contributed by atoms with van der Waals surface area (Å²) in [5, 5.41) is 17.9. The zero-order valence-electron chi connectivity index (χ0n) is 15.2. The van der Waals surface area contributed by atoms with E-state index in [4.69, 9.17) is 5.11 Å².